The van der Waals surface area contributed by atoms with Crippen LogP contribution in [0.1, 0.15) is 0 Å². The molecule has 14 rings (SSSR count). The maximum Gasteiger partial charge on any atom is 0.0702 e. The van der Waals surface area contributed by atoms with Gasteiger partial charge in [-0.2, -0.15) is 0 Å². The molecule has 0 aliphatic carbocycles. The molecule has 0 saturated carbocycles. The number of pyridine rings is 3. The van der Waals surface area contributed by atoms with E-state index in [1.807, 2.05) is 48.9 Å². The summed E-state index contributed by atoms with van der Waals surface area (Å²) in [6.45, 7) is 0. The Bertz CT molecular complexity index is 4440. The highest BCUT2D eigenvalue weighted by molar-refractivity contribution is 5.99. The number of hydrogen-bond acceptors (Lipinski definition) is 3. The van der Waals surface area contributed by atoms with Gasteiger partial charge < -0.3 is 0 Å². The predicted octanol–water partition coefficient (Wildman–Crippen LogP) is 21.5. The van der Waals surface area contributed by atoms with Crippen LogP contribution in [0.25, 0.3) is 145 Å². The molecule has 3 heteroatoms. The molecule has 0 atom stereocenters. The second kappa shape index (κ2) is 23.2. The highest BCUT2D eigenvalue weighted by Crippen LogP contribution is 2.46. The second-order valence-corrected chi connectivity index (χ2v) is 21.1. The Balaban J connectivity index is 0.974. The Morgan fingerprint density at radius 3 is 0.917 bits per heavy atom. The van der Waals surface area contributed by atoms with E-state index in [1.165, 1.54) is 11.1 Å². The third kappa shape index (κ3) is 10.6. The fourth-order valence-corrected chi connectivity index (χ4v) is 11.7. The molecule has 0 amide bonds. The van der Waals surface area contributed by atoms with Crippen molar-refractivity contribution in [3.8, 4) is 145 Å². The van der Waals surface area contributed by atoms with Crippen molar-refractivity contribution in [3.63, 3.8) is 0 Å². The molecule has 0 fully saturated rings. The maximum atomic E-state index is 4.87. The van der Waals surface area contributed by atoms with Crippen LogP contribution in [-0.2, 0) is 0 Å². The normalized spacial score (nSPS) is 11.1. The standard InChI is InChI=1S/C81H55N3/c1-3-18-56(19-4-1)58-31-33-59(34-32-58)64-22-17-23-66(50-64)77-55-67(81-30-13-16-49-84-81)44-46-76(77)78-54-65(57-20-5-2-6-21-57)43-45-75(78)70-52-68(73-26-9-7-24-71(73)60-35-39-62(40-36-60)79-28-11-14-47-82-79)51-69(53-70)74-27-10-8-25-72(74)61-37-41-63(42-38-61)80-29-12-15-48-83-80/h1-55H. The van der Waals surface area contributed by atoms with Gasteiger partial charge >= 0.3 is 0 Å². The van der Waals surface area contributed by atoms with E-state index in [0.29, 0.717) is 0 Å². The molecule has 14 aromatic rings. The molecule has 0 aliphatic rings. The molecule has 0 spiro atoms. The van der Waals surface area contributed by atoms with E-state index >= 15 is 0 Å². The Morgan fingerprint density at radius 2 is 0.429 bits per heavy atom. The lowest BCUT2D eigenvalue weighted by atomic mass is 9.83. The zero-order valence-corrected chi connectivity index (χ0v) is 46.1. The van der Waals surface area contributed by atoms with E-state index in [4.69, 9.17) is 4.98 Å². The van der Waals surface area contributed by atoms with Gasteiger partial charge in [0, 0.05) is 35.3 Å². The van der Waals surface area contributed by atoms with Crippen LogP contribution in [0.5, 0.6) is 0 Å². The van der Waals surface area contributed by atoms with Crippen LogP contribution in [0, 0.1) is 0 Å². The molecule has 3 nitrogen and oxygen atoms in total. The minimum Gasteiger partial charge on any atom is -0.256 e. The minimum absolute atomic E-state index is 0.920. The lowest BCUT2D eigenvalue weighted by Crippen LogP contribution is -1.95. The Hall–Kier alpha value is -11.1. The van der Waals surface area contributed by atoms with E-state index in [1.54, 1.807) is 0 Å². The fourth-order valence-electron chi connectivity index (χ4n) is 11.7. The molecule has 84 heavy (non-hydrogen) atoms. The van der Waals surface area contributed by atoms with Crippen LogP contribution in [0.4, 0.5) is 0 Å². The van der Waals surface area contributed by atoms with E-state index in [2.05, 4.69) is 295 Å². The van der Waals surface area contributed by atoms with Gasteiger partial charge in [0.25, 0.3) is 0 Å². The van der Waals surface area contributed by atoms with Crippen molar-refractivity contribution >= 4 is 0 Å². The van der Waals surface area contributed by atoms with Crippen LogP contribution in [-0.4, -0.2) is 15.0 Å². The van der Waals surface area contributed by atoms with Gasteiger partial charge in [-0.25, -0.2) is 0 Å². The second-order valence-electron chi connectivity index (χ2n) is 21.1. The molecule has 0 saturated heterocycles. The van der Waals surface area contributed by atoms with Gasteiger partial charge in [-0.1, -0.05) is 243 Å². The van der Waals surface area contributed by atoms with Gasteiger partial charge in [-0.05, 0) is 184 Å². The minimum atomic E-state index is 0.920. The van der Waals surface area contributed by atoms with E-state index in [9.17, 15) is 0 Å². The number of hydrogen-bond donors (Lipinski definition) is 0. The maximum absolute atomic E-state index is 4.87. The van der Waals surface area contributed by atoms with Crippen molar-refractivity contribution in [2.45, 2.75) is 0 Å². The average molecular weight is 1070 g/mol. The summed E-state index contributed by atoms with van der Waals surface area (Å²) in [5, 5.41) is 0. The third-order valence-corrected chi connectivity index (χ3v) is 15.9. The highest BCUT2D eigenvalue weighted by Gasteiger charge is 2.20. The van der Waals surface area contributed by atoms with Gasteiger partial charge in [0.1, 0.15) is 0 Å². The molecular weight excluding hydrogens is 1010 g/mol. The number of rotatable bonds is 13. The average Bonchev–Trinajstić information content (AvgIpc) is 3.74. The summed E-state index contributed by atoms with van der Waals surface area (Å²) in [5.74, 6) is 0. The van der Waals surface area contributed by atoms with Gasteiger partial charge in [0.15, 0.2) is 0 Å². The Morgan fingerprint density at radius 1 is 0.131 bits per heavy atom. The van der Waals surface area contributed by atoms with Crippen molar-refractivity contribution in [1.82, 2.24) is 15.0 Å². The first-order valence-electron chi connectivity index (χ1n) is 28.5. The molecule has 0 N–H and O–H groups in total. The summed E-state index contributed by atoms with van der Waals surface area (Å²) in [5.41, 5.74) is 28.7. The van der Waals surface area contributed by atoms with E-state index in [-0.39, 0.29) is 0 Å². The predicted molar refractivity (Wildman–Crippen MR) is 350 cm³/mol. The molecule has 3 aromatic heterocycles. The Kier molecular flexibility index (Phi) is 14.1. The summed E-state index contributed by atoms with van der Waals surface area (Å²) in [4.78, 5) is 14.2. The van der Waals surface area contributed by atoms with Crippen molar-refractivity contribution in [3.05, 3.63) is 334 Å². The first-order chi connectivity index (χ1) is 41.6. The van der Waals surface area contributed by atoms with Crippen LogP contribution in [0.15, 0.2) is 334 Å². The third-order valence-electron chi connectivity index (χ3n) is 15.9. The number of benzene rings is 11. The topological polar surface area (TPSA) is 38.7 Å². The molecule has 3 heterocycles. The van der Waals surface area contributed by atoms with Gasteiger partial charge in [-0.3, -0.25) is 15.0 Å². The van der Waals surface area contributed by atoms with Crippen LogP contribution in [0.2, 0.25) is 0 Å². The molecule has 11 aromatic carbocycles. The van der Waals surface area contributed by atoms with Crippen LogP contribution >= 0.6 is 0 Å². The molecule has 0 unspecified atom stereocenters. The zero-order chi connectivity index (χ0) is 56.0. The summed E-state index contributed by atoms with van der Waals surface area (Å²) in [6, 6.07) is 114. The molecule has 0 radical (unpaired) electrons. The molecule has 394 valence electrons. The van der Waals surface area contributed by atoms with Crippen molar-refractivity contribution in [1.29, 1.82) is 0 Å². The smallest absolute Gasteiger partial charge is 0.0702 e. The SMILES string of the molecule is c1ccc(-c2ccc(-c3cccc(-c4cc(-c5ccccn5)ccc4-c4cc(-c5ccccc5)ccc4-c4cc(-c5ccccc5-c5ccc(-c6ccccn6)cc5)cc(-c5ccccc5-c5ccc(-c6ccccn6)cc5)c4)c3)cc2)cc1. The number of nitrogens with zero attached hydrogens (tertiary/aromatic N) is 3. The Labute approximate surface area is 491 Å². The number of aromatic nitrogens is 3. The summed E-state index contributed by atoms with van der Waals surface area (Å²) >= 11 is 0. The molecule has 0 bridgehead atoms. The van der Waals surface area contributed by atoms with Crippen molar-refractivity contribution in [2.24, 2.45) is 0 Å². The van der Waals surface area contributed by atoms with E-state index < -0.39 is 0 Å². The quantitative estimate of drug-likeness (QED) is 0.115. The van der Waals surface area contributed by atoms with Gasteiger partial charge in [-0.15, -0.1) is 0 Å². The lowest BCUT2D eigenvalue weighted by molar-refractivity contribution is 1.33. The monoisotopic (exact) mass is 1070 g/mol. The highest BCUT2D eigenvalue weighted by atomic mass is 14.7. The van der Waals surface area contributed by atoms with Gasteiger partial charge in [0.2, 0.25) is 0 Å². The van der Waals surface area contributed by atoms with Crippen LogP contribution in [0.3, 0.4) is 0 Å². The molecular formula is C81H55N3. The van der Waals surface area contributed by atoms with Crippen molar-refractivity contribution < 1.29 is 0 Å². The van der Waals surface area contributed by atoms with Crippen LogP contribution < -0.4 is 0 Å². The summed E-state index contributed by atoms with van der Waals surface area (Å²) < 4.78 is 0. The van der Waals surface area contributed by atoms with Gasteiger partial charge in [0.05, 0.1) is 17.1 Å². The first-order valence-corrected chi connectivity index (χ1v) is 28.5. The van der Waals surface area contributed by atoms with Crippen molar-refractivity contribution in [2.75, 3.05) is 0 Å². The summed E-state index contributed by atoms with van der Waals surface area (Å²) in [7, 11) is 0. The first kappa shape index (κ1) is 51.0. The fraction of sp³-hybridized carbons (Fsp3) is 0. The molecule has 0 aliphatic heterocycles. The lowest BCUT2D eigenvalue weighted by Gasteiger charge is -2.20. The van der Waals surface area contributed by atoms with E-state index in [0.717, 1.165) is 134 Å². The summed E-state index contributed by atoms with van der Waals surface area (Å²) in [6.07, 6.45) is 5.57. The largest absolute Gasteiger partial charge is 0.256 e. The zero-order valence-electron chi connectivity index (χ0n) is 46.1.